The van der Waals surface area contributed by atoms with Gasteiger partial charge in [0.25, 0.3) is 0 Å². The zero-order valence-electron chi connectivity index (χ0n) is 22.2. The van der Waals surface area contributed by atoms with E-state index in [1.165, 1.54) is 6.08 Å². The molecule has 1 heterocycles. The molecule has 1 amide bonds. The largest absolute Gasteiger partial charge is 0.457 e. The Hall–Kier alpha value is -2.12. The predicted molar refractivity (Wildman–Crippen MR) is 138 cm³/mol. The zero-order valence-corrected chi connectivity index (χ0v) is 23.4. The van der Waals surface area contributed by atoms with Gasteiger partial charge in [-0.1, -0.05) is 57.2 Å². The van der Waals surface area contributed by atoms with Crippen LogP contribution in [0.15, 0.2) is 42.5 Å². The van der Waals surface area contributed by atoms with Crippen LogP contribution in [0.3, 0.4) is 0 Å². The first-order chi connectivity index (χ1) is 15.7. The summed E-state index contributed by atoms with van der Waals surface area (Å²) in [6.07, 6.45) is 4.90. The molecule has 1 aromatic rings. The first kappa shape index (κ1) is 28.1. The fraction of sp³-hybridized carbons (Fsp3) is 0.630. The van der Waals surface area contributed by atoms with Crippen molar-refractivity contribution >= 4 is 21.1 Å². The lowest BCUT2D eigenvalue weighted by molar-refractivity contribution is -0.148. The van der Waals surface area contributed by atoms with Crippen LogP contribution in [0.1, 0.15) is 66.4 Å². The zero-order chi connectivity index (χ0) is 25.6. The molecule has 2 rings (SSSR count). The maximum Gasteiger partial charge on any atom is 0.412 e. The smallest absolute Gasteiger partial charge is 0.412 e. The van der Waals surface area contributed by atoms with Gasteiger partial charge in [0.05, 0.1) is 0 Å². The molecule has 0 aromatic heterocycles. The van der Waals surface area contributed by atoms with Gasteiger partial charge in [-0.25, -0.2) is 9.59 Å². The van der Waals surface area contributed by atoms with Gasteiger partial charge in [0, 0.05) is 12.6 Å². The van der Waals surface area contributed by atoms with Crippen LogP contribution >= 0.6 is 0 Å². The Labute approximate surface area is 207 Å². The fourth-order valence-electron chi connectivity index (χ4n) is 4.24. The monoisotopic (exact) mass is 489 g/mol. The first-order valence-corrected chi connectivity index (χ1v) is 15.1. The fourth-order valence-corrected chi connectivity index (χ4v) is 5.45. The lowest BCUT2D eigenvalue weighted by Crippen LogP contribution is -2.51. The summed E-state index contributed by atoms with van der Waals surface area (Å²) in [7, 11) is -1.50. The van der Waals surface area contributed by atoms with E-state index in [9.17, 15) is 9.59 Å². The molecule has 1 saturated heterocycles. The van der Waals surface area contributed by atoms with Crippen molar-refractivity contribution < 1.29 is 23.5 Å². The number of nitrogens with zero attached hydrogens (tertiary/aromatic N) is 1. The van der Waals surface area contributed by atoms with E-state index in [1.54, 1.807) is 4.90 Å². The average Bonchev–Trinajstić information content (AvgIpc) is 3.08. The number of benzene rings is 1. The quantitative estimate of drug-likeness (QED) is 0.252. The van der Waals surface area contributed by atoms with Crippen molar-refractivity contribution in [2.75, 3.05) is 6.54 Å². The minimum absolute atomic E-state index is 0.0218. The molecule has 6 nitrogen and oxygen atoms in total. The van der Waals surface area contributed by atoms with Gasteiger partial charge < -0.3 is 13.9 Å². The molecule has 1 fully saturated rings. The highest BCUT2D eigenvalue weighted by Gasteiger charge is 2.52. The van der Waals surface area contributed by atoms with Gasteiger partial charge in [-0.3, -0.25) is 4.90 Å². The molecular weight excluding hydrogens is 446 g/mol. The summed E-state index contributed by atoms with van der Waals surface area (Å²) < 4.78 is 17.7. The molecule has 1 aliphatic rings. The molecule has 7 heteroatoms. The standard InChI is InChI=1S/C27H43NO5Si/c1-25(2,3)22-18-27(33-34(7)8,17-13-12-16-23(29)32-26(4,5)6)28(19-22)24(30)31-20-21-14-10-9-11-15-21/h9-12,14-16,22,34H,13,17-20H2,1-8H3/b16-12-/t22-,27+/m0/s1. The molecule has 0 aliphatic carbocycles. The SMILES string of the molecule is C[SiH](C)O[C@]1(CC/C=C\C(=O)OC(C)(C)C)C[C@H](C(C)(C)C)CN1C(=O)OCc1ccccc1. The lowest BCUT2D eigenvalue weighted by atomic mass is 9.78. The van der Waals surface area contributed by atoms with E-state index in [-0.39, 0.29) is 30.0 Å². The van der Waals surface area contributed by atoms with E-state index in [2.05, 4.69) is 33.9 Å². The number of rotatable bonds is 8. The average molecular weight is 490 g/mol. The van der Waals surface area contributed by atoms with Gasteiger partial charge in [0.2, 0.25) is 0 Å². The Morgan fingerprint density at radius 1 is 1.12 bits per heavy atom. The normalized spacial score (nSPS) is 21.3. The van der Waals surface area contributed by atoms with Gasteiger partial charge in [-0.2, -0.15) is 0 Å². The second kappa shape index (κ2) is 11.5. The van der Waals surface area contributed by atoms with Gasteiger partial charge in [-0.15, -0.1) is 0 Å². The maximum absolute atomic E-state index is 13.3. The van der Waals surface area contributed by atoms with E-state index >= 15 is 0 Å². The van der Waals surface area contributed by atoms with Crippen LogP contribution in [0.25, 0.3) is 0 Å². The molecule has 1 aromatic carbocycles. The number of allylic oxidation sites excluding steroid dienone is 1. The van der Waals surface area contributed by atoms with Crippen LogP contribution < -0.4 is 0 Å². The number of hydrogen-bond donors (Lipinski definition) is 0. The number of esters is 1. The Bertz CT molecular complexity index is 841. The van der Waals surface area contributed by atoms with Crippen LogP contribution in [-0.2, 0) is 25.3 Å². The summed E-state index contributed by atoms with van der Waals surface area (Å²) in [5.74, 6) is -0.0850. The number of hydrogen-bond acceptors (Lipinski definition) is 5. The van der Waals surface area contributed by atoms with Crippen LogP contribution in [0.5, 0.6) is 0 Å². The second-order valence-electron chi connectivity index (χ2n) is 11.5. The molecule has 0 N–H and O–H groups in total. The van der Waals surface area contributed by atoms with Gasteiger partial charge in [0.15, 0.2) is 9.04 Å². The molecule has 2 atom stereocenters. The summed E-state index contributed by atoms with van der Waals surface area (Å²) in [6.45, 7) is 17.2. The van der Waals surface area contributed by atoms with E-state index in [4.69, 9.17) is 13.9 Å². The third kappa shape index (κ3) is 8.58. The Morgan fingerprint density at radius 3 is 2.32 bits per heavy atom. The van der Waals surface area contributed by atoms with Crippen molar-refractivity contribution in [3.05, 3.63) is 48.0 Å². The summed E-state index contributed by atoms with van der Waals surface area (Å²) in [5, 5.41) is 0. The molecule has 0 radical (unpaired) electrons. The molecule has 1 aliphatic heterocycles. The van der Waals surface area contributed by atoms with Crippen molar-refractivity contribution in [3.63, 3.8) is 0 Å². The number of ether oxygens (including phenoxy) is 2. The van der Waals surface area contributed by atoms with E-state index in [0.717, 1.165) is 12.0 Å². The third-order valence-corrected chi connectivity index (χ3v) is 6.84. The summed E-state index contributed by atoms with van der Waals surface area (Å²) >= 11 is 0. The van der Waals surface area contributed by atoms with E-state index in [1.807, 2.05) is 57.2 Å². The first-order valence-electron chi connectivity index (χ1n) is 12.3. The van der Waals surface area contributed by atoms with Crippen molar-refractivity contribution in [2.24, 2.45) is 11.3 Å². The van der Waals surface area contributed by atoms with Crippen LogP contribution in [0.4, 0.5) is 4.79 Å². The minimum Gasteiger partial charge on any atom is -0.457 e. The minimum atomic E-state index is -1.50. The van der Waals surface area contributed by atoms with Crippen molar-refractivity contribution in [1.82, 2.24) is 4.90 Å². The molecule has 0 bridgehead atoms. The number of likely N-dealkylation sites (tertiary alicyclic amines) is 1. The van der Waals surface area contributed by atoms with Gasteiger partial charge in [-0.05, 0) is 70.0 Å². The number of carbonyl (C=O) groups is 2. The van der Waals surface area contributed by atoms with Crippen LogP contribution in [-0.4, -0.2) is 43.9 Å². The predicted octanol–water partition coefficient (Wildman–Crippen LogP) is 6.07. The Balaban J connectivity index is 2.20. The number of amides is 1. The molecule has 0 spiro atoms. The summed E-state index contributed by atoms with van der Waals surface area (Å²) in [6, 6.07) is 9.70. The van der Waals surface area contributed by atoms with E-state index < -0.39 is 20.4 Å². The second-order valence-corrected chi connectivity index (χ2v) is 13.8. The van der Waals surface area contributed by atoms with Crippen LogP contribution in [0.2, 0.25) is 13.1 Å². The highest BCUT2D eigenvalue weighted by molar-refractivity contribution is 6.48. The van der Waals surface area contributed by atoms with Crippen LogP contribution in [0, 0.1) is 11.3 Å². The van der Waals surface area contributed by atoms with Gasteiger partial charge >= 0.3 is 12.1 Å². The Kier molecular flexibility index (Phi) is 9.54. The number of carbonyl (C=O) groups excluding carboxylic acids is 2. The molecule has 34 heavy (non-hydrogen) atoms. The van der Waals surface area contributed by atoms with Crippen molar-refractivity contribution in [2.45, 2.75) is 91.8 Å². The highest BCUT2D eigenvalue weighted by Crippen LogP contribution is 2.45. The molecular formula is C27H43NO5Si. The van der Waals surface area contributed by atoms with Crippen molar-refractivity contribution in [3.8, 4) is 0 Å². The van der Waals surface area contributed by atoms with Gasteiger partial charge in [0.1, 0.15) is 17.9 Å². The maximum atomic E-state index is 13.3. The van der Waals surface area contributed by atoms with E-state index in [0.29, 0.717) is 19.4 Å². The topological polar surface area (TPSA) is 65.1 Å². The highest BCUT2D eigenvalue weighted by atomic mass is 28.3. The third-order valence-electron chi connectivity index (χ3n) is 5.93. The van der Waals surface area contributed by atoms with Crippen molar-refractivity contribution in [1.29, 1.82) is 0 Å². The molecule has 0 saturated carbocycles. The molecule has 0 unspecified atom stereocenters. The Morgan fingerprint density at radius 2 is 1.76 bits per heavy atom. The lowest BCUT2D eigenvalue weighted by Gasteiger charge is -2.39. The molecule has 190 valence electrons. The summed E-state index contributed by atoms with van der Waals surface area (Å²) in [4.78, 5) is 27.2. The summed E-state index contributed by atoms with van der Waals surface area (Å²) in [5.41, 5.74) is -0.287.